The molecule has 0 N–H and O–H groups in total. The quantitative estimate of drug-likeness (QED) is 0.313. The summed E-state index contributed by atoms with van der Waals surface area (Å²) in [7, 11) is 3.29. The lowest BCUT2D eigenvalue weighted by molar-refractivity contribution is 0.0601. The minimum absolute atomic E-state index is 0.267. The monoisotopic (exact) mass is 543 g/mol. The van der Waals surface area contributed by atoms with Crippen molar-refractivity contribution in [2.45, 2.75) is 64.3 Å². The van der Waals surface area contributed by atoms with E-state index in [-0.39, 0.29) is 5.97 Å². The van der Waals surface area contributed by atoms with Crippen molar-refractivity contribution in [2.24, 2.45) is 5.92 Å². The van der Waals surface area contributed by atoms with Crippen LogP contribution in [0.1, 0.15) is 72.3 Å². The van der Waals surface area contributed by atoms with Crippen LogP contribution in [-0.2, 0) is 16.0 Å². The van der Waals surface area contributed by atoms with Gasteiger partial charge in [0.25, 0.3) is 0 Å². The van der Waals surface area contributed by atoms with Crippen molar-refractivity contribution in [1.82, 2.24) is 9.47 Å². The van der Waals surface area contributed by atoms with E-state index in [0.717, 1.165) is 39.3 Å². The topological polar surface area (TPSA) is 46.9 Å². The number of likely N-dealkylation sites (tertiary alicyclic amines) is 1. The minimum atomic E-state index is -0.267. The van der Waals surface area contributed by atoms with Crippen molar-refractivity contribution >= 4 is 22.6 Å². The highest BCUT2D eigenvalue weighted by molar-refractivity contribution is 6.00. The fourth-order valence-corrected chi connectivity index (χ4v) is 7.61. The third-order valence-corrected chi connectivity index (χ3v) is 9.57. The second-order valence-electron chi connectivity index (χ2n) is 12.2. The second kappa shape index (κ2) is 12.0. The number of hydrogen-bond acceptors (Lipinski definition) is 5. The summed E-state index contributed by atoms with van der Waals surface area (Å²) in [6.45, 7) is 9.34. The number of benzene rings is 2. The Morgan fingerprint density at radius 2 is 1.77 bits per heavy atom. The molecule has 214 valence electrons. The molecule has 2 aromatic carbocycles. The summed E-state index contributed by atoms with van der Waals surface area (Å²) in [5.41, 5.74) is 8.68. The number of methoxy groups -OCH3 is 2. The molecule has 6 rings (SSSR count). The number of anilines is 1. The lowest BCUT2D eigenvalue weighted by atomic mass is 9.81. The molecule has 0 unspecified atom stereocenters. The maximum absolute atomic E-state index is 12.5. The molecule has 0 amide bonds. The van der Waals surface area contributed by atoms with Crippen molar-refractivity contribution < 1.29 is 14.3 Å². The Balaban J connectivity index is 1.41. The summed E-state index contributed by atoms with van der Waals surface area (Å²) in [6, 6.07) is 13.2. The fraction of sp³-hybridized carbons (Fsp3) is 0.559. The number of aromatic nitrogens is 1. The molecule has 3 heterocycles. The molecule has 6 heteroatoms. The molecule has 3 aromatic rings. The Bertz CT molecular complexity index is 1350. The van der Waals surface area contributed by atoms with Gasteiger partial charge in [-0.2, -0.15) is 0 Å². The average Bonchev–Trinajstić information content (AvgIpc) is 3.22. The highest BCUT2D eigenvalue weighted by Crippen LogP contribution is 2.47. The summed E-state index contributed by atoms with van der Waals surface area (Å²) >= 11 is 0. The Kier molecular flexibility index (Phi) is 8.17. The molecular weight excluding hydrogens is 498 g/mol. The molecular formula is C34H45N3O3. The first-order valence-electron chi connectivity index (χ1n) is 15.4. The number of carbonyl (C=O) groups is 1. The molecule has 1 aliphatic carbocycles. The molecule has 1 saturated heterocycles. The number of ether oxygens (including phenoxy) is 2. The molecule has 2 fully saturated rings. The predicted molar refractivity (Wildman–Crippen MR) is 163 cm³/mol. The molecule has 6 nitrogen and oxygen atoms in total. The largest absolute Gasteiger partial charge is 0.465 e. The summed E-state index contributed by atoms with van der Waals surface area (Å²) in [5.74, 6) is 0.936. The van der Waals surface area contributed by atoms with Crippen LogP contribution in [-0.4, -0.2) is 69.0 Å². The number of fused-ring (bicyclic) bond motifs is 5. The van der Waals surface area contributed by atoms with Crippen molar-refractivity contribution in [3.63, 3.8) is 0 Å². The van der Waals surface area contributed by atoms with E-state index in [4.69, 9.17) is 9.47 Å². The van der Waals surface area contributed by atoms with Gasteiger partial charge in [0.1, 0.15) is 0 Å². The van der Waals surface area contributed by atoms with Crippen LogP contribution in [0.5, 0.6) is 0 Å². The van der Waals surface area contributed by atoms with Gasteiger partial charge < -0.3 is 23.8 Å². The van der Waals surface area contributed by atoms with Crippen LogP contribution in [0.15, 0.2) is 36.4 Å². The van der Waals surface area contributed by atoms with Gasteiger partial charge in [0.15, 0.2) is 0 Å². The lowest BCUT2D eigenvalue weighted by Gasteiger charge is -2.34. The zero-order valence-electron chi connectivity index (χ0n) is 24.6. The van der Waals surface area contributed by atoms with E-state index in [0.29, 0.717) is 17.4 Å². The van der Waals surface area contributed by atoms with Crippen LogP contribution < -0.4 is 4.90 Å². The molecule has 1 atom stereocenters. The van der Waals surface area contributed by atoms with Gasteiger partial charge in [0, 0.05) is 62.0 Å². The zero-order valence-corrected chi connectivity index (χ0v) is 24.6. The van der Waals surface area contributed by atoms with Gasteiger partial charge >= 0.3 is 5.97 Å². The van der Waals surface area contributed by atoms with E-state index in [1.54, 1.807) is 0 Å². The Labute approximate surface area is 239 Å². The van der Waals surface area contributed by atoms with E-state index < -0.39 is 0 Å². The molecule has 3 aliphatic rings. The molecule has 1 saturated carbocycles. The minimum Gasteiger partial charge on any atom is -0.465 e. The van der Waals surface area contributed by atoms with E-state index in [1.807, 2.05) is 13.2 Å². The summed E-state index contributed by atoms with van der Waals surface area (Å²) in [4.78, 5) is 17.8. The fourth-order valence-electron chi connectivity index (χ4n) is 7.61. The van der Waals surface area contributed by atoms with Gasteiger partial charge in [-0.1, -0.05) is 37.5 Å². The molecule has 2 aliphatic heterocycles. The van der Waals surface area contributed by atoms with Gasteiger partial charge in [0.2, 0.25) is 0 Å². The number of piperidine rings is 1. The van der Waals surface area contributed by atoms with Gasteiger partial charge in [0.05, 0.1) is 25.0 Å². The number of rotatable bonds is 7. The molecule has 0 radical (unpaired) electrons. The Morgan fingerprint density at radius 3 is 2.58 bits per heavy atom. The van der Waals surface area contributed by atoms with E-state index in [2.05, 4.69) is 51.6 Å². The number of aryl methyl sites for hydroxylation is 1. The maximum atomic E-state index is 12.5. The molecule has 40 heavy (non-hydrogen) atoms. The first-order valence-corrected chi connectivity index (χ1v) is 15.4. The first kappa shape index (κ1) is 27.3. The standard InChI is InChI=1S/C34H45N3O3/c1-24-11-13-29-30(20-24)36(17-16-35-15-7-8-25(22-35)23-39-2)18-19-37-31-21-27(34(38)40-3)12-14-28(31)32(33(29)37)26-9-5-4-6-10-26/h11-14,20-21,25-26H,4-10,15-19,22-23H2,1-3H3/t25-/m1/s1. The molecule has 1 aromatic heterocycles. The maximum Gasteiger partial charge on any atom is 0.337 e. The third-order valence-electron chi connectivity index (χ3n) is 9.57. The Hall–Kier alpha value is -2.83. The lowest BCUT2D eigenvalue weighted by Crippen LogP contribution is -2.42. The third kappa shape index (κ3) is 5.28. The van der Waals surface area contributed by atoms with E-state index in [9.17, 15) is 4.79 Å². The van der Waals surface area contributed by atoms with Crippen molar-refractivity contribution in [3.05, 3.63) is 53.1 Å². The van der Waals surface area contributed by atoms with Crippen molar-refractivity contribution in [1.29, 1.82) is 0 Å². The smallest absolute Gasteiger partial charge is 0.337 e. The molecule has 0 bridgehead atoms. The number of nitrogens with zero attached hydrogens (tertiary/aromatic N) is 3. The van der Waals surface area contributed by atoms with Gasteiger partial charge in [-0.3, -0.25) is 0 Å². The van der Waals surface area contributed by atoms with Crippen molar-refractivity contribution in [2.75, 3.05) is 58.5 Å². The second-order valence-corrected chi connectivity index (χ2v) is 12.2. The summed E-state index contributed by atoms with van der Waals surface area (Å²) in [5, 5.41) is 1.31. The van der Waals surface area contributed by atoms with Gasteiger partial charge in [-0.05, 0) is 80.3 Å². The van der Waals surface area contributed by atoms with Crippen LogP contribution >= 0.6 is 0 Å². The van der Waals surface area contributed by atoms with Crippen LogP contribution in [0.2, 0.25) is 0 Å². The molecule has 0 spiro atoms. The highest BCUT2D eigenvalue weighted by atomic mass is 16.5. The number of esters is 1. The zero-order chi connectivity index (χ0) is 27.6. The normalized spacial score (nSPS) is 20.3. The van der Waals surface area contributed by atoms with Gasteiger partial charge in [-0.15, -0.1) is 0 Å². The summed E-state index contributed by atoms with van der Waals surface area (Å²) < 4.78 is 13.1. The Morgan fingerprint density at radius 1 is 0.925 bits per heavy atom. The average molecular weight is 544 g/mol. The SMILES string of the molecule is COC[C@@H]1CCCN(CCN2CCn3c(c(C4CCCCC4)c4ccc(C(=O)OC)cc43)-c3ccc(C)cc32)C1. The van der Waals surface area contributed by atoms with E-state index in [1.165, 1.54) is 97.6 Å². The van der Waals surface area contributed by atoms with Crippen LogP contribution in [0, 0.1) is 12.8 Å². The van der Waals surface area contributed by atoms with Crippen LogP contribution in [0.3, 0.4) is 0 Å². The first-order chi connectivity index (χ1) is 19.6. The van der Waals surface area contributed by atoms with Crippen molar-refractivity contribution in [3.8, 4) is 11.3 Å². The van der Waals surface area contributed by atoms with Crippen LogP contribution in [0.25, 0.3) is 22.2 Å². The van der Waals surface area contributed by atoms with Gasteiger partial charge in [-0.25, -0.2) is 4.79 Å². The number of hydrogen-bond donors (Lipinski definition) is 0. The van der Waals surface area contributed by atoms with Crippen LogP contribution in [0.4, 0.5) is 5.69 Å². The highest BCUT2D eigenvalue weighted by Gasteiger charge is 2.31. The number of carbonyl (C=O) groups excluding carboxylic acids is 1. The summed E-state index contributed by atoms with van der Waals surface area (Å²) in [6.07, 6.45) is 8.95. The van der Waals surface area contributed by atoms with E-state index >= 15 is 0 Å². The predicted octanol–water partition coefficient (Wildman–Crippen LogP) is 6.63.